The third kappa shape index (κ3) is 14.4. The first-order valence-corrected chi connectivity index (χ1v) is 16.9. The standard InChI is InChI=1S/C36H54O4S/c1-5-6-7-8-9-10-11-12-13-14-15-16-17-18-19-20-27-41-31-24-21-30(22-25-31)23-26-33(37)32-28-35(39-3)36(40-4)29-34(32)38-2/h21-26,28-29H,5-20,27H2,1-4H3/b26-23+. The topological polar surface area (TPSA) is 44.8 Å². The summed E-state index contributed by atoms with van der Waals surface area (Å²) in [5.41, 5.74) is 1.43. The molecule has 0 saturated carbocycles. The normalized spacial score (nSPS) is 11.2. The summed E-state index contributed by atoms with van der Waals surface area (Å²) in [5, 5.41) is 0. The lowest BCUT2D eigenvalue weighted by atomic mass is 10.0. The maximum Gasteiger partial charge on any atom is 0.189 e. The van der Waals surface area contributed by atoms with Gasteiger partial charge in [0.2, 0.25) is 0 Å². The number of thioether (sulfide) groups is 1. The van der Waals surface area contributed by atoms with E-state index >= 15 is 0 Å². The number of carbonyl (C=O) groups is 1. The van der Waals surface area contributed by atoms with Gasteiger partial charge in [0.1, 0.15) is 5.75 Å². The van der Waals surface area contributed by atoms with Crippen molar-refractivity contribution in [1.29, 1.82) is 0 Å². The lowest BCUT2D eigenvalue weighted by molar-refractivity contribution is 0.104. The van der Waals surface area contributed by atoms with Gasteiger partial charge in [-0.15, -0.1) is 11.8 Å². The summed E-state index contributed by atoms with van der Waals surface area (Å²) >= 11 is 1.92. The van der Waals surface area contributed by atoms with Gasteiger partial charge in [-0.2, -0.15) is 0 Å². The van der Waals surface area contributed by atoms with Crippen LogP contribution in [0.2, 0.25) is 0 Å². The van der Waals surface area contributed by atoms with Gasteiger partial charge in [0.25, 0.3) is 0 Å². The summed E-state index contributed by atoms with van der Waals surface area (Å²) in [4.78, 5) is 14.1. The SMILES string of the molecule is CCCCCCCCCCCCCCCCCCSc1ccc(/C=C/C(=O)c2cc(OC)c(OC)cc2OC)cc1. The highest BCUT2D eigenvalue weighted by Gasteiger charge is 2.16. The zero-order valence-electron chi connectivity index (χ0n) is 26.2. The highest BCUT2D eigenvalue weighted by molar-refractivity contribution is 7.99. The van der Waals surface area contributed by atoms with Crippen molar-refractivity contribution in [2.45, 2.75) is 115 Å². The summed E-state index contributed by atoms with van der Waals surface area (Å²) in [6, 6.07) is 11.7. The number of methoxy groups -OCH3 is 3. The molecule has 0 heterocycles. The Balaban J connectivity index is 1.56. The van der Waals surface area contributed by atoms with Gasteiger partial charge in [-0.3, -0.25) is 4.79 Å². The number of ketones is 1. The van der Waals surface area contributed by atoms with Crippen LogP contribution >= 0.6 is 11.8 Å². The van der Waals surface area contributed by atoms with Gasteiger partial charge in [-0.25, -0.2) is 0 Å². The molecule has 228 valence electrons. The average molecular weight is 583 g/mol. The van der Waals surface area contributed by atoms with E-state index in [9.17, 15) is 4.79 Å². The lowest BCUT2D eigenvalue weighted by Gasteiger charge is -2.12. The monoisotopic (exact) mass is 582 g/mol. The van der Waals surface area contributed by atoms with Crippen LogP contribution < -0.4 is 14.2 Å². The van der Waals surface area contributed by atoms with Gasteiger partial charge in [0.15, 0.2) is 17.3 Å². The lowest BCUT2D eigenvalue weighted by Crippen LogP contribution is -2.01. The molecule has 0 aliphatic carbocycles. The highest BCUT2D eigenvalue weighted by Crippen LogP contribution is 2.35. The molecule has 41 heavy (non-hydrogen) atoms. The fourth-order valence-corrected chi connectivity index (χ4v) is 5.91. The molecule has 0 aliphatic heterocycles. The van der Waals surface area contributed by atoms with Crippen molar-refractivity contribution >= 4 is 23.6 Å². The van der Waals surface area contributed by atoms with Crippen LogP contribution in [-0.4, -0.2) is 32.9 Å². The Morgan fingerprint density at radius 2 is 1.10 bits per heavy atom. The van der Waals surface area contributed by atoms with Crippen molar-refractivity contribution in [1.82, 2.24) is 0 Å². The van der Waals surface area contributed by atoms with E-state index in [0.29, 0.717) is 22.8 Å². The number of carbonyl (C=O) groups excluding carboxylic acids is 1. The molecular weight excluding hydrogens is 528 g/mol. The van der Waals surface area contributed by atoms with E-state index < -0.39 is 0 Å². The minimum absolute atomic E-state index is 0.148. The maximum atomic E-state index is 12.8. The molecule has 2 rings (SSSR count). The number of benzene rings is 2. The maximum absolute atomic E-state index is 12.8. The van der Waals surface area contributed by atoms with Crippen molar-refractivity contribution in [2.24, 2.45) is 0 Å². The first-order valence-electron chi connectivity index (χ1n) is 15.9. The summed E-state index contributed by atoms with van der Waals surface area (Å²) in [5.74, 6) is 2.49. The second-order valence-corrected chi connectivity index (χ2v) is 12.0. The minimum atomic E-state index is -0.148. The first-order chi connectivity index (χ1) is 20.1. The predicted molar refractivity (Wildman–Crippen MR) is 176 cm³/mol. The van der Waals surface area contributed by atoms with Crippen LogP contribution in [-0.2, 0) is 0 Å². The second-order valence-electron chi connectivity index (χ2n) is 10.8. The van der Waals surface area contributed by atoms with E-state index in [1.807, 2.05) is 17.8 Å². The van der Waals surface area contributed by atoms with Crippen LogP contribution in [0.15, 0.2) is 47.4 Å². The van der Waals surface area contributed by atoms with E-state index in [-0.39, 0.29) is 5.78 Å². The number of unbranched alkanes of at least 4 members (excludes halogenated alkanes) is 15. The molecule has 4 nitrogen and oxygen atoms in total. The van der Waals surface area contributed by atoms with Gasteiger partial charge in [0, 0.05) is 11.0 Å². The molecule has 2 aromatic carbocycles. The molecule has 2 aromatic rings. The fraction of sp³-hybridized carbons (Fsp3) is 0.583. The van der Waals surface area contributed by atoms with Crippen molar-refractivity contribution in [3.63, 3.8) is 0 Å². The van der Waals surface area contributed by atoms with Crippen molar-refractivity contribution in [2.75, 3.05) is 27.1 Å². The van der Waals surface area contributed by atoms with E-state index in [1.54, 1.807) is 32.4 Å². The molecule has 0 unspecified atom stereocenters. The smallest absolute Gasteiger partial charge is 0.189 e. The largest absolute Gasteiger partial charge is 0.496 e. The van der Waals surface area contributed by atoms with Crippen LogP contribution in [0.5, 0.6) is 17.2 Å². The first kappa shape index (κ1) is 34.8. The molecule has 0 fully saturated rings. The Hall–Kier alpha value is -2.40. The van der Waals surface area contributed by atoms with E-state index in [0.717, 1.165) is 11.3 Å². The van der Waals surface area contributed by atoms with Crippen molar-refractivity contribution in [3.8, 4) is 17.2 Å². The van der Waals surface area contributed by atoms with E-state index in [4.69, 9.17) is 14.2 Å². The molecule has 0 aromatic heterocycles. The van der Waals surface area contributed by atoms with Crippen molar-refractivity contribution in [3.05, 3.63) is 53.6 Å². The third-order valence-corrected chi connectivity index (χ3v) is 8.64. The molecule has 0 atom stereocenters. The van der Waals surface area contributed by atoms with Crippen LogP contribution in [0.25, 0.3) is 6.08 Å². The van der Waals surface area contributed by atoms with Gasteiger partial charge in [-0.05, 0) is 42.0 Å². The molecular formula is C36H54O4S. The number of hydrogen-bond acceptors (Lipinski definition) is 5. The average Bonchev–Trinajstić information content (AvgIpc) is 3.01. The summed E-state index contributed by atoms with van der Waals surface area (Å²) in [7, 11) is 4.65. The number of rotatable bonds is 24. The Kier molecular flexibility index (Phi) is 18.9. The van der Waals surface area contributed by atoms with Gasteiger partial charge < -0.3 is 14.2 Å². The van der Waals surface area contributed by atoms with Crippen LogP contribution in [0.3, 0.4) is 0 Å². The number of hydrogen-bond donors (Lipinski definition) is 0. The fourth-order valence-electron chi connectivity index (χ4n) is 5.00. The summed E-state index contributed by atoms with van der Waals surface area (Å²) in [6.07, 6.45) is 25.8. The molecule has 0 saturated heterocycles. The predicted octanol–water partition coefficient (Wildman–Crippen LogP) is 11.0. The molecule has 0 aliphatic rings. The van der Waals surface area contributed by atoms with E-state index in [2.05, 4.69) is 31.2 Å². The third-order valence-electron chi connectivity index (χ3n) is 7.55. The van der Waals surface area contributed by atoms with Gasteiger partial charge >= 0.3 is 0 Å². The molecule has 0 amide bonds. The Bertz CT molecular complexity index is 999. The van der Waals surface area contributed by atoms with Gasteiger partial charge in [0.05, 0.1) is 26.9 Å². The Labute approximate surface area is 254 Å². The summed E-state index contributed by atoms with van der Waals surface area (Å²) in [6.45, 7) is 2.29. The second kappa shape index (κ2) is 22.2. The zero-order chi connectivity index (χ0) is 29.5. The quantitative estimate of drug-likeness (QED) is 0.0533. The molecule has 0 radical (unpaired) electrons. The van der Waals surface area contributed by atoms with Crippen LogP contribution in [0, 0.1) is 0 Å². The van der Waals surface area contributed by atoms with Gasteiger partial charge in [-0.1, -0.05) is 121 Å². The van der Waals surface area contributed by atoms with E-state index in [1.165, 1.54) is 115 Å². The molecule has 0 bridgehead atoms. The Morgan fingerprint density at radius 3 is 1.59 bits per heavy atom. The molecule has 0 spiro atoms. The summed E-state index contributed by atoms with van der Waals surface area (Å²) < 4.78 is 16.0. The van der Waals surface area contributed by atoms with Crippen LogP contribution in [0.1, 0.15) is 126 Å². The molecule has 0 N–H and O–H groups in total. The highest BCUT2D eigenvalue weighted by atomic mass is 32.2. The van der Waals surface area contributed by atoms with Crippen LogP contribution in [0.4, 0.5) is 0 Å². The number of allylic oxidation sites excluding steroid dienone is 1. The van der Waals surface area contributed by atoms with Crippen molar-refractivity contribution < 1.29 is 19.0 Å². The Morgan fingerprint density at radius 1 is 0.634 bits per heavy atom. The molecule has 5 heteroatoms. The zero-order valence-corrected chi connectivity index (χ0v) is 27.0. The number of ether oxygens (including phenoxy) is 3. The minimum Gasteiger partial charge on any atom is -0.496 e.